The Morgan fingerprint density at radius 1 is 0.697 bits per heavy atom. The molecule has 0 unspecified atom stereocenters. The molecule has 0 atom stereocenters. The van der Waals surface area contributed by atoms with E-state index in [0.29, 0.717) is 7.92 Å². The summed E-state index contributed by atoms with van der Waals surface area (Å²) in [7, 11) is 2.11. The molecule has 0 spiro atoms. The summed E-state index contributed by atoms with van der Waals surface area (Å²) in [6, 6.07) is 10.1. The first-order chi connectivity index (χ1) is 16.2. The van der Waals surface area contributed by atoms with Gasteiger partial charge >= 0.3 is 128 Å². The van der Waals surface area contributed by atoms with Crippen LogP contribution in [-0.4, -0.2) is 29.7 Å². The predicted molar refractivity (Wildman–Crippen MR) is 123 cm³/mol. The predicted octanol–water partition coefficient (Wildman–Crippen LogP) is 6.04. The van der Waals surface area contributed by atoms with Crippen molar-refractivity contribution in [2.75, 3.05) is 25.6 Å². The van der Waals surface area contributed by atoms with E-state index in [4.69, 9.17) is 28.0 Å². The van der Waals surface area contributed by atoms with Crippen LogP contribution in [0.3, 0.4) is 0 Å². The van der Waals surface area contributed by atoms with Crippen LogP contribution in [0.25, 0.3) is 0 Å². The van der Waals surface area contributed by atoms with E-state index in [1.54, 1.807) is 25.6 Å². The van der Waals surface area contributed by atoms with Crippen molar-refractivity contribution in [2.45, 2.75) is 59.3 Å². The first kappa shape index (κ1) is 45.4. The average molecular weight is 558 g/mol. The molecule has 0 heterocycles. The summed E-state index contributed by atoms with van der Waals surface area (Å²) in [4.78, 5) is 0. The van der Waals surface area contributed by atoms with Crippen LogP contribution in [0.2, 0.25) is 0 Å². The molecule has 33 heavy (non-hydrogen) atoms. The van der Waals surface area contributed by atoms with Gasteiger partial charge in [-0.1, -0.05) is 40.0 Å². The van der Waals surface area contributed by atoms with E-state index in [1.165, 1.54) is 38.5 Å². The zero-order valence-electron chi connectivity index (χ0n) is 20.1. The molecule has 0 radical (unpaired) electrons. The molecule has 0 saturated carbocycles. The first-order valence-corrected chi connectivity index (χ1v) is 13.0. The van der Waals surface area contributed by atoms with Gasteiger partial charge in [0.2, 0.25) is 0 Å². The summed E-state index contributed by atoms with van der Waals surface area (Å²) in [5, 5.41) is 0. The van der Waals surface area contributed by atoms with E-state index in [9.17, 15) is 0 Å². The molecule has 0 amide bonds. The molecule has 182 valence electrons. The summed E-state index contributed by atoms with van der Waals surface area (Å²) in [6.07, 6.45) is 13.2. The minimum absolute atomic E-state index is 0.422. The molecule has 8 heteroatoms. The normalized spacial score (nSPS) is 7.48. The van der Waals surface area contributed by atoms with Gasteiger partial charge < -0.3 is 0 Å². The number of hydrogen-bond donors (Lipinski definition) is 0. The van der Waals surface area contributed by atoms with Crippen molar-refractivity contribution in [2.24, 2.45) is 0 Å². The first-order valence-electron chi connectivity index (χ1n) is 10.1. The van der Waals surface area contributed by atoms with Crippen molar-refractivity contribution in [3.05, 3.63) is 69.1 Å². The summed E-state index contributed by atoms with van der Waals surface area (Å²) in [5.74, 6) is 0. The molecule has 0 aromatic heterocycles. The van der Waals surface area contributed by atoms with Crippen molar-refractivity contribution in [1.29, 1.82) is 0 Å². The standard InChI is InChI=1S/C12H27P.C8H8O.5CO.Mo/c1-4-7-10-13(11-8-5-2)12-9-6-3;1-9-7-8-5-3-2-4-6-8;5*1-2;/h4-12H2,1-3H3;2-6H,1H3;;;;;;. The third kappa shape index (κ3) is 41.6. The second kappa shape index (κ2) is 52.7. The van der Waals surface area contributed by atoms with Gasteiger partial charge in [-0.3, -0.25) is 0 Å². The fourth-order valence-corrected chi connectivity index (χ4v) is 5.47. The molecule has 1 aromatic carbocycles. The van der Waals surface area contributed by atoms with Crippen LogP contribution >= 0.6 is 7.92 Å². The van der Waals surface area contributed by atoms with Crippen molar-refractivity contribution >= 4 is 12.0 Å². The van der Waals surface area contributed by atoms with Crippen molar-refractivity contribution in [3.63, 3.8) is 0 Å². The Kier molecular flexibility index (Phi) is 72.4. The zero-order chi connectivity index (χ0) is 27.3. The van der Waals surface area contributed by atoms with E-state index in [1.807, 2.05) is 49.7 Å². The van der Waals surface area contributed by atoms with Crippen LogP contribution < -0.4 is 0 Å². The number of benzene rings is 1. The monoisotopic (exact) mass is 560 g/mol. The molecule has 6 nitrogen and oxygen atoms in total. The third-order valence-electron chi connectivity index (χ3n) is 3.68. The van der Waals surface area contributed by atoms with Gasteiger partial charge in [0.05, 0.1) is 0 Å². The Balaban J connectivity index is -0.0000000807. The van der Waals surface area contributed by atoms with Crippen LogP contribution in [0.5, 0.6) is 0 Å². The van der Waals surface area contributed by atoms with Crippen LogP contribution in [0.15, 0.2) is 30.3 Å². The molecule has 0 aliphatic rings. The van der Waals surface area contributed by atoms with E-state index >= 15 is 0 Å². The van der Waals surface area contributed by atoms with Crippen molar-refractivity contribution in [1.82, 2.24) is 0 Å². The summed E-state index contributed by atoms with van der Waals surface area (Å²) < 4.78 is 43.5. The number of rotatable bonds is 11. The van der Waals surface area contributed by atoms with Gasteiger partial charge in [-0.2, -0.15) is 0 Å². The van der Waals surface area contributed by atoms with E-state index in [2.05, 4.69) is 54.0 Å². The molecule has 0 saturated heterocycles. The molecule has 1 rings (SSSR count). The Morgan fingerprint density at radius 2 is 1.00 bits per heavy atom. The Morgan fingerprint density at radius 3 is 1.24 bits per heavy atom. The number of methoxy groups -OCH3 is 1. The second-order valence-corrected chi connectivity index (χ2v) is 9.35. The van der Waals surface area contributed by atoms with Gasteiger partial charge in [-0.05, 0) is 37.7 Å². The van der Waals surface area contributed by atoms with Gasteiger partial charge in [0.1, 0.15) is 0 Å². The minimum atomic E-state index is 0.422. The Bertz CT molecular complexity index is 528. The number of ether oxygens (including phenoxy) is 1. The van der Waals surface area contributed by atoms with Gasteiger partial charge in [0, 0.05) is 0 Å². The van der Waals surface area contributed by atoms with Crippen molar-refractivity contribution in [3.8, 4) is 0 Å². The van der Waals surface area contributed by atoms with Crippen LogP contribution in [0.1, 0.15) is 64.9 Å². The number of unbranched alkanes of at least 4 members (excludes halogenated alkanes) is 3. The molecule has 0 aliphatic carbocycles. The van der Waals surface area contributed by atoms with Gasteiger partial charge in [0.15, 0.2) is 0 Å². The SMILES string of the molecule is CCCCP(CCCC)CCCC.CO[C](=[Mo])c1ccccc1.[C-]#[O+].[C-]#[O+].[C-]#[O+].[C-]#[O+].[C-]#[O+]. The van der Waals surface area contributed by atoms with Gasteiger partial charge in [-0.15, -0.1) is 7.92 Å². The number of hydrogen-bond acceptors (Lipinski definition) is 1. The molecule has 1 aromatic rings. The summed E-state index contributed by atoms with van der Waals surface area (Å²) in [5.41, 5.74) is 1.15. The summed E-state index contributed by atoms with van der Waals surface area (Å²) >= 11 is 1.88. The van der Waals surface area contributed by atoms with Crippen LogP contribution in [0.4, 0.5) is 0 Å². The topological polar surface area (TPSA) is 109 Å². The molecule has 0 N–H and O–H groups in total. The molecule has 0 bridgehead atoms. The van der Waals surface area contributed by atoms with Crippen molar-refractivity contribution < 1.29 is 47.4 Å². The molecular formula is C25H35MoO6P. The molecule has 0 aliphatic heterocycles. The van der Waals surface area contributed by atoms with Crippen LogP contribution in [0, 0.1) is 33.3 Å². The fraction of sp³-hybridized carbons (Fsp3) is 0.520. The quantitative estimate of drug-likeness (QED) is 0.140. The van der Waals surface area contributed by atoms with Gasteiger partial charge in [-0.25, -0.2) is 0 Å². The maximum absolute atomic E-state index is 7.50. The summed E-state index contributed by atoms with van der Waals surface area (Å²) in [6.45, 7) is 29.4. The second-order valence-electron chi connectivity index (χ2n) is 5.76. The Labute approximate surface area is 213 Å². The van der Waals surface area contributed by atoms with E-state index in [0.717, 1.165) is 9.65 Å². The third-order valence-corrected chi connectivity index (χ3v) is 7.51. The van der Waals surface area contributed by atoms with E-state index < -0.39 is 0 Å². The van der Waals surface area contributed by atoms with E-state index in [-0.39, 0.29) is 0 Å². The van der Waals surface area contributed by atoms with Gasteiger partial charge in [0.25, 0.3) is 0 Å². The molecular weight excluding hydrogens is 523 g/mol. The Hall–Kier alpha value is -1.13. The fourth-order valence-electron chi connectivity index (χ4n) is 2.17. The average Bonchev–Trinajstić information content (AvgIpc) is 2.94. The molecule has 0 fully saturated rings. The zero-order valence-corrected chi connectivity index (χ0v) is 23.0. The maximum atomic E-state index is 7.50. The van der Waals surface area contributed by atoms with Crippen LogP contribution in [-0.2, 0) is 47.4 Å².